The van der Waals surface area contributed by atoms with Gasteiger partial charge in [0.25, 0.3) is 0 Å². The van der Waals surface area contributed by atoms with Gasteiger partial charge in [-0.15, -0.1) is 0 Å². The minimum absolute atomic E-state index is 0.0833. The molecule has 0 fully saturated rings. The van der Waals surface area contributed by atoms with E-state index in [1.165, 1.54) is 36.4 Å². The van der Waals surface area contributed by atoms with Crippen LogP contribution < -0.4 is 0 Å². The Labute approximate surface area is 225 Å². The maximum Gasteiger partial charge on any atom is 0.141 e. The van der Waals surface area contributed by atoms with Gasteiger partial charge in [0.15, 0.2) is 0 Å². The highest BCUT2D eigenvalue weighted by molar-refractivity contribution is 5.86. The summed E-state index contributed by atoms with van der Waals surface area (Å²) in [6, 6.07) is 22.6. The number of halogens is 3. The van der Waals surface area contributed by atoms with Gasteiger partial charge in [0.05, 0.1) is 0 Å². The van der Waals surface area contributed by atoms with Crippen LogP contribution in [0.1, 0.15) is 33.4 Å². The van der Waals surface area contributed by atoms with E-state index in [9.17, 15) is 27.6 Å². The number of benzene rings is 4. The molecule has 0 aliphatic heterocycles. The van der Waals surface area contributed by atoms with Gasteiger partial charge in [-0.25, -0.2) is 13.2 Å². The van der Waals surface area contributed by atoms with Crippen LogP contribution in [-0.4, -0.2) is 17.3 Å². The van der Waals surface area contributed by atoms with Gasteiger partial charge in [-0.2, -0.15) is 0 Å². The Morgan fingerprint density at radius 1 is 0.359 bits per heavy atom. The molecular formula is C33H27F3O3. The van der Waals surface area contributed by atoms with Crippen LogP contribution >= 0.6 is 0 Å². The molecule has 198 valence electrons. The highest BCUT2D eigenvalue weighted by Gasteiger charge is 2.13. The van der Waals surface area contributed by atoms with Crippen molar-refractivity contribution in [3.05, 3.63) is 142 Å². The fourth-order valence-electron chi connectivity index (χ4n) is 4.51. The third kappa shape index (κ3) is 8.88. The molecule has 0 radical (unpaired) electrons. The van der Waals surface area contributed by atoms with Crippen LogP contribution in [0.3, 0.4) is 0 Å². The number of carbonyl (C=O) groups excluding carboxylic acids is 3. The van der Waals surface area contributed by atoms with Gasteiger partial charge in [-0.05, 0) is 69.8 Å². The predicted octanol–water partition coefficient (Wildman–Crippen LogP) is 6.17. The molecule has 0 aliphatic carbocycles. The van der Waals surface area contributed by atoms with E-state index in [4.69, 9.17) is 0 Å². The summed E-state index contributed by atoms with van der Waals surface area (Å²) in [5.74, 6) is -1.38. The molecule has 4 aromatic carbocycles. The van der Waals surface area contributed by atoms with Crippen LogP contribution in [-0.2, 0) is 52.9 Å². The van der Waals surface area contributed by atoms with Crippen LogP contribution in [0.15, 0.2) is 91.0 Å². The standard InChI is InChI=1S/C33H27F3O3/c34-28-7-1-22(2-8-28)16-31(37)19-25-13-26(20-32(38)17-23-3-9-29(35)10-4-23)15-27(14-25)21-33(39)18-24-5-11-30(36)12-6-24/h1-15H,16-21H2. The highest BCUT2D eigenvalue weighted by atomic mass is 19.1. The Morgan fingerprint density at radius 2 is 0.564 bits per heavy atom. The van der Waals surface area contributed by atoms with Crippen molar-refractivity contribution in [1.82, 2.24) is 0 Å². The van der Waals surface area contributed by atoms with Crippen LogP contribution in [0.5, 0.6) is 0 Å². The molecule has 4 aromatic rings. The number of Topliss-reactive ketones (excluding diaryl/α,β-unsaturated/α-hetero) is 3. The molecule has 0 heterocycles. The maximum atomic E-state index is 13.2. The molecule has 0 N–H and O–H groups in total. The lowest BCUT2D eigenvalue weighted by Gasteiger charge is -2.10. The Kier molecular flexibility index (Phi) is 9.21. The molecule has 0 unspecified atom stereocenters. The summed E-state index contributed by atoms with van der Waals surface area (Å²) >= 11 is 0. The van der Waals surface area contributed by atoms with Crippen LogP contribution in [0.25, 0.3) is 0 Å². The second-order valence-corrected chi connectivity index (χ2v) is 9.71. The summed E-state index contributed by atoms with van der Waals surface area (Å²) in [5, 5.41) is 0. The van der Waals surface area contributed by atoms with Gasteiger partial charge in [-0.3, -0.25) is 14.4 Å². The average molecular weight is 529 g/mol. The number of ketones is 3. The molecule has 0 atom stereocenters. The van der Waals surface area contributed by atoms with Crippen molar-refractivity contribution < 1.29 is 27.6 Å². The molecule has 0 amide bonds. The van der Waals surface area contributed by atoms with E-state index in [-0.39, 0.29) is 73.3 Å². The van der Waals surface area contributed by atoms with Gasteiger partial charge in [0, 0.05) is 38.5 Å². The smallest absolute Gasteiger partial charge is 0.141 e. The lowest BCUT2D eigenvalue weighted by atomic mass is 9.93. The molecule has 0 bridgehead atoms. The Morgan fingerprint density at radius 3 is 0.795 bits per heavy atom. The third-order valence-corrected chi connectivity index (χ3v) is 6.26. The maximum absolute atomic E-state index is 13.2. The molecule has 0 spiro atoms. The van der Waals surface area contributed by atoms with Gasteiger partial charge in [0.1, 0.15) is 34.8 Å². The Balaban J connectivity index is 1.49. The van der Waals surface area contributed by atoms with Crippen LogP contribution in [0.4, 0.5) is 13.2 Å². The van der Waals surface area contributed by atoms with Crippen molar-refractivity contribution in [3.63, 3.8) is 0 Å². The summed E-state index contributed by atoms with van der Waals surface area (Å²) < 4.78 is 39.6. The van der Waals surface area contributed by atoms with E-state index in [0.29, 0.717) is 33.4 Å². The van der Waals surface area contributed by atoms with Crippen molar-refractivity contribution in [3.8, 4) is 0 Å². The Bertz CT molecular complexity index is 1270. The normalized spacial score (nSPS) is 10.8. The van der Waals surface area contributed by atoms with E-state index >= 15 is 0 Å². The molecule has 39 heavy (non-hydrogen) atoms. The van der Waals surface area contributed by atoms with Gasteiger partial charge < -0.3 is 0 Å². The molecule has 0 aromatic heterocycles. The first-order valence-corrected chi connectivity index (χ1v) is 12.6. The molecule has 4 rings (SSSR count). The summed E-state index contributed by atoms with van der Waals surface area (Å²) in [4.78, 5) is 38.3. The Hall–Kier alpha value is -4.32. The van der Waals surface area contributed by atoms with Crippen molar-refractivity contribution in [2.24, 2.45) is 0 Å². The van der Waals surface area contributed by atoms with E-state index in [2.05, 4.69) is 0 Å². The average Bonchev–Trinajstić information content (AvgIpc) is 2.88. The van der Waals surface area contributed by atoms with E-state index in [1.54, 1.807) is 54.6 Å². The van der Waals surface area contributed by atoms with Crippen molar-refractivity contribution in [2.45, 2.75) is 38.5 Å². The second-order valence-electron chi connectivity index (χ2n) is 9.71. The third-order valence-electron chi connectivity index (χ3n) is 6.26. The number of hydrogen-bond donors (Lipinski definition) is 0. The summed E-state index contributed by atoms with van der Waals surface area (Å²) in [6.45, 7) is 0. The number of hydrogen-bond acceptors (Lipinski definition) is 3. The number of rotatable bonds is 12. The molecule has 0 saturated carbocycles. The monoisotopic (exact) mass is 528 g/mol. The van der Waals surface area contributed by atoms with E-state index < -0.39 is 0 Å². The fraction of sp³-hybridized carbons (Fsp3) is 0.182. The lowest BCUT2D eigenvalue weighted by molar-refractivity contribution is -0.118. The quantitative estimate of drug-likeness (QED) is 0.221. The minimum Gasteiger partial charge on any atom is -0.299 e. The van der Waals surface area contributed by atoms with E-state index in [1.807, 2.05) is 0 Å². The SMILES string of the molecule is O=C(Cc1ccc(F)cc1)Cc1cc(CC(=O)Cc2ccc(F)cc2)cc(CC(=O)Cc2ccc(F)cc2)c1. The predicted molar refractivity (Wildman–Crippen MR) is 143 cm³/mol. The zero-order valence-electron chi connectivity index (χ0n) is 21.3. The van der Waals surface area contributed by atoms with Gasteiger partial charge >= 0.3 is 0 Å². The zero-order chi connectivity index (χ0) is 27.8. The lowest BCUT2D eigenvalue weighted by Crippen LogP contribution is -2.12. The van der Waals surface area contributed by atoms with Crippen molar-refractivity contribution in [2.75, 3.05) is 0 Å². The molecule has 0 saturated heterocycles. The molecule has 0 aliphatic rings. The van der Waals surface area contributed by atoms with Crippen LogP contribution in [0.2, 0.25) is 0 Å². The molecule has 6 heteroatoms. The number of carbonyl (C=O) groups is 3. The summed E-state index contributed by atoms with van der Waals surface area (Å²) in [6.07, 6.45) is 0.677. The molecular weight excluding hydrogens is 501 g/mol. The fourth-order valence-corrected chi connectivity index (χ4v) is 4.51. The topological polar surface area (TPSA) is 51.2 Å². The van der Waals surface area contributed by atoms with Crippen molar-refractivity contribution in [1.29, 1.82) is 0 Å². The summed E-state index contributed by atoms with van der Waals surface area (Å²) in [5.41, 5.74) is 4.13. The minimum atomic E-state index is -0.376. The van der Waals surface area contributed by atoms with Crippen LogP contribution in [0, 0.1) is 17.5 Å². The highest BCUT2D eigenvalue weighted by Crippen LogP contribution is 2.17. The van der Waals surface area contributed by atoms with Gasteiger partial charge in [-0.1, -0.05) is 54.6 Å². The molecule has 3 nitrogen and oxygen atoms in total. The largest absolute Gasteiger partial charge is 0.299 e. The summed E-state index contributed by atoms with van der Waals surface area (Å²) in [7, 11) is 0. The first-order valence-electron chi connectivity index (χ1n) is 12.6. The second kappa shape index (κ2) is 13.0. The first-order chi connectivity index (χ1) is 18.7. The van der Waals surface area contributed by atoms with Gasteiger partial charge in [0.2, 0.25) is 0 Å². The first kappa shape index (κ1) is 27.7. The zero-order valence-corrected chi connectivity index (χ0v) is 21.3. The van der Waals surface area contributed by atoms with E-state index in [0.717, 1.165) is 0 Å². The van der Waals surface area contributed by atoms with Crippen molar-refractivity contribution >= 4 is 17.3 Å².